The summed E-state index contributed by atoms with van der Waals surface area (Å²) >= 11 is 0. The molecule has 1 aromatic rings. The van der Waals surface area contributed by atoms with Crippen LogP contribution < -0.4 is 0 Å². The molecule has 1 saturated heterocycles. The van der Waals surface area contributed by atoms with E-state index in [0.29, 0.717) is 0 Å². The topological polar surface area (TPSA) is 49.8 Å². The molecular weight excluding hydrogens is 180 g/mol. The normalized spacial score (nSPS) is 26.9. The third kappa shape index (κ3) is 1.63. The van der Waals surface area contributed by atoms with Crippen molar-refractivity contribution in [1.29, 1.82) is 0 Å². The molecule has 3 heteroatoms. The molecule has 0 bridgehead atoms. The van der Waals surface area contributed by atoms with E-state index < -0.39 is 11.9 Å². The van der Waals surface area contributed by atoms with Crippen molar-refractivity contribution in [2.75, 3.05) is 0 Å². The van der Waals surface area contributed by atoms with Crippen molar-refractivity contribution >= 4 is 5.97 Å². The molecule has 0 amide bonds. The van der Waals surface area contributed by atoms with Gasteiger partial charge in [-0.2, -0.15) is 0 Å². The first-order chi connectivity index (χ1) is 6.70. The third-order valence-electron chi connectivity index (χ3n) is 2.54. The van der Waals surface area contributed by atoms with Gasteiger partial charge in [0.2, 0.25) is 0 Å². The molecular formula is C11H12O3. The summed E-state index contributed by atoms with van der Waals surface area (Å²) in [5.41, 5.74) is 1.06. The van der Waals surface area contributed by atoms with E-state index in [1.165, 1.54) is 0 Å². The Balaban J connectivity index is 2.03. The molecule has 0 aromatic heterocycles. The zero-order valence-corrected chi connectivity index (χ0v) is 7.88. The SMILES string of the molecule is CC(C(=O)O)C1OC1c1ccccc1. The van der Waals surface area contributed by atoms with Gasteiger partial charge in [0.15, 0.2) is 0 Å². The lowest BCUT2D eigenvalue weighted by Gasteiger charge is -2.00. The molecule has 0 saturated carbocycles. The van der Waals surface area contributed by atoms with Gasteiger partial charge in [-0.1, -0.05) is 30.3 Å². The number of ether oxygens (including phenoxy) is 1. The van der Waals surface area contributed by atoms with Gasteiger partial charge in [-0.05, 0) is 12.5 Å². The lowest BCUT2D eigenvalue weighted by atomic mass is 10.0. The molecule has 2 rings (SSSR count). The lowest BCUT2D eigenvalue weighted by molar-refractivity contribution is -0.141. The van der Waals surface area contributed by atoms with Crippen molar-refractivity contribution in [2.45, 2.75) is 19.1 Å². The number of benzene rings is 1. The molecule has 14 heavy (non-hydrogen) atoms. The maximum Gasteiger partial charge on any atom is 0.308 e. The van der Waals surface area contributed by atoms with Gasteiger partial charge in [-0.15, -0.1) is 0 Å². The Hall–Kier alpha value is -1.35. The average molecular weight is 192 g/mol. The standard InChI is InChI=1S/C11H12O3/c1-7(11(12)13)9-10(14-9)8-5-3-2-4-6-8/h2-7,9-10H,1H3,(H,12,13). The monoisotopic (exact) mass is 192 g/mol. The van der Waals surface area contributed by atoms with Gasteiger partial charge in [0, 0.05) is 0 Å². The summed E-state index contributed by atoms with van der Waals surface area (Å²) in [5.74, 6) is -1.23. The number of hydrogen-bond acceptors (Lipinski definition) is 2. The maximum absolute atomic E-state index is 10.7. The number of hydrogen-bond donors (Lipinski definition) is 1. The Morgan fingerprint density at radius 2 is 2.07 bits per heavy atom. The molecule has 0 aliphatic carbocycles. The molecule has 1 aliphatic rings. The highest BCUT2D eigenvalue weighted by Gasteiger charge is 2.46. The van der Waals surface area contributed by atoms with Crippen LogP contribution in [-0.2, 0) is 9.53 Å². The molecule has 3 atom stereocenters. The first-order valence-corrected chi connectivity index (χ1v) is 4.63. The Morgan fingerprint density at radius 1 is 1.43 bits per heavy atom. The van der Waals surface area contributed by atoms with Crippen LogP contribution in [0.5, 0.6) is 0 Å². The summed E-state index contributed by atoms with van der Waals surface area (Å²) in [5, 5.41) is 8.78. The quantitative estimate of drug-likeness (QED) is 0.743. The van der Waals surface area contributed by atoms with Crippen molar-refractivity contribution in [2.24, 2.45) is 5.92 Å². The molecule has 0 spiro atoms. The van der Waals surface area contributed by atoms with E-state index in [1.807, 2.05) is 30.3 Å². The third-order valence-corrected chi connectivity index (χ3v) is 2.54. The van der Waals surface area contributed by atoms with Crippen LogP contribution in [0.4, 0.5) is 0 Å². The Morgan fingerprint density at radius 3 is 2.64 bits per heavy atom. The van der Waals surface area contributed by atoms with Gasteiger partial charge < -0.3 is 9.84 Å². The van der Waals surface area contributed by atoms with Gasteiger partial charge in [0.25, 0.3) is 0 Å². The molecule has 0 radical (unpaired) electrons. The lowest BCUT2D eigenvalue weighted by Crippen LogP contribution is -2.16. The van der Waals surface area contributed by atoms with Crippen molar-refractivity contribution in [3.63, 3.8) is 0 Å². The molecule has 74 valence electrons. The van der Waals surface area contributed by atoms with Gasteiger partial charge >= 0.3 is 5.97 Å². The van der Waals surface area contributed by atoms with Crippen LogP contribution in [0.1, 0.15) is 18.6 Å². The summed E-state index contributed by atoms with van der Waals surface area (Å²) < 4.78 is 5.35. The van der Waals surface area contributed by atoms with E-state index in [2.05, 4.69) is 0 Å². The minimum absolute atomic E-state index is 0.0256. The van der Waals surface area contributed by atoms with Crippen LogP contribution in [0, 0.1) is 5.92 Å². The van der Waals surface area contributed by atoms with Crippen LogP contribution in [0.2, 0.25) is 0 Å². The second kappa shape index (κ2) is 3.42. The van der Waals surface area contributed by atoms with E-state index in [0.717, 1.165) is 5.56 Å². The minimum atomic E-state index is -0.798. The predicted molar refractivity (Wildman–Crippen MR) is 50.9 cm³/mol. The fourth-order valence-corrected chi connectivity index (χ4v) is 1.56. The minimum Gasteiger partial charge on any atom is -0.481 e. The Kier molecular flexibility index (Phi) is 2.25. The number of carboxylic acids is 1. The van der Waals surface area contributed by atoms with Crippen molar-refractivity contribution < 1.29 is 14.6 Å². The number of carboxylic acid groups (broad SMARTS) is 1. The number of epoxide rings is 1. The Labute approximate surface area is 82.3 Å². The van der Waals surface area contributed by atoms with E-state index in [9.17, 15) is 4.79 Å². The van der Waals surface area contributed by atoms with Crippen LogP contribution in [-0.4, -0.2) is 17.2 Å². The highest BCUT2D eigenvalue weighted by molar-refractivity contribution is 5.70. The highest BCUT2D eigenvalue weighted by Crippen LogP contribution is 2.42. The summed E-state index contributed by atoms with van der Waals surface area (Å²) in [6.07, 6.45) is -0.183. The highest BCUT2D eigenvalue weighted by atomic mass is 16.6. The van der Waals surface area contributed by atoms with E-state index in [1.54, 1.807) is 6.92 Å². The number of rotatable bonds is 3. The molecule has 3 unspecified atom stereocenters. The van der Waals surface area contributed by atoms with Gasteiger partial charge in [0.1, 0.15) is 12.2 Å². The molecule has 1 N–H and O–H groups in total. The second-order valence-electron chi connectivity index (χ2n) is 3.56. The summed E-state index contributed by atoms with van der Waals surface area (Å²) in [4.78, 5) is 10.7. The molecule has 1 aliphatic heterocycles. The van der Waals surface area contributed by atoms with Crippen molar-refractivity contribution in [1.82, 2.24) is 0 Å². The molecule has 1 aromatic carbocycles. The predicted octanol–water partition coefficient (Wildman–Crippen LogP) is 1.85. The van der Waals surface area contributed by atoms with Crippen LogP contribution in [0.25, 0.3) is 0 Å². The molecule has 1 heterocycles. The smallest absolute Gasteiger partial charge is 0.308 e. The van der Waals surface area contributed by atoms with Crippen molar-refractivity contribution in [3.8, 4) is 0 Å². The number of aliphatic carboxylic acids is 1. The summed E-state index contributed by atoms with van der Waals surface area (Å²) in [6.45, 7) is 1.68. The van der Waals surface area contributed by atoms with E-state index in [4.69, 9.17) is 9.84 Å². The average Bonchev–Trinajstić information content (AvgIpc) is 2.97. The molecule has 3 nitrogen and oxygen atoms in total. The second-order valence-corrected chi connectivity index (χ2v) is 3.56. The van der Waals surface area contributed by atoms with Crippen molar-refractivity contribution in [3.05, 3.63) is 35.9 Å². The van der Waals surface area contributed by atoms with Gasteiger partial charge in [-0.3, -0.25) is 4.79 Å². The van der Waals surface area contributed by atoms with Crippen LogP contribution >= 0.6 is 0 Å². The largest absolute Gasteiger partial charge is 0.481 e. The fourth-order valence-electron chi connectivity index (χ4n) is 1.56. The fraction of sp³-hybridized carbons (Fsp3) is 0.364. The van der Waals surface area contributed by atoms with Gasteiger partial charge in [0.05, 0.1) is 5.92 Å². The zero-order valence-electron chi connectivity index (χ0n) is 7.88. The van der Waals surface area contributed by atoms with Crippen LogP contribution in [0.3, 0.4) is 0 Å². The van der Waals surface area contributed by atoms with E-state index >= 15 is 0 Å². The number of carbonyl (C=O) groups is 1. The first-order valence-electron chi connectivity index (χ1n) is 4.63. The zero-order chi connectivity index (χ0) is 10.1. The maximum atomic E-state index is 10.7. The molecule has 1 fully saturated rings. The summed E-state index contributed by atoms with van der Waals surface area (Å²) in [6, 6.07) is 9.71. The summed E-state index contributed by atoms with van der Waals surface area (Å²) in [7, 11) is 0. The van der Waals surface area contributed by atoms with Gasteiger partial charge in [-0.25, -0.2) is 0 Å². The Bertz CT molecular complexity index is 334. The first kappa shape index (κ1) is 9.21. The van der Waals surface area contributed by atoms with E-state index in [-0.39, 0.29) is 12.2 Å². The van der Waals surface area contributed by atoms with Crippen LogP contribution in [0.15, 0.2) is 30.3 Å².